The molecule has 1 aliphatic carbocycles. The Balaban J connectivity index is 1.91. The van der Waals surface area contributed by atoms with E-state index in [1.807, 2.05) is 25.4 Å². The molecule has 0 aliphatic heterocycles. The smallest absolute Gasteiger partial charge is 0.303 e. The lowest BCUT2D eigenvalue weighted by atomic mass is 9.91. The highest BCUT2D eigenvalue weighted by Crippen LogP contribution is 2.26. The largest absolute Gasteiger partial charge is 0.329 e. The highest BCUT2D eigenvalue weighted by atomic mass is 16.2. The van der Waals surface area contributed by atoms with Crippen LogP contribution < -0.4 is 4.90 Å². The van der Waals surface area contributed by atoms with Crippen LogP contribution in [0.3, 0.4) is 0 Å². The first-order valence-electron chi connectivity index (χ1n) is 9.84. The van der Waals surface area contributed by atoms with Crippen molar-refractivity contribution in [3.05, 3.63) is 47.3 Å². The molecule has 0 atom stereocenters. The SMILES string of the molecule is CCCCCCc1ccc(N(C)C(=O)N(C)/C=C(/C)C=C2CCC2)nc1. The monoisotopic (exact) mass is 355 g/mol. The van der Waals surface area contributed by atoms with Gasteiger partial charge in [0.25, 0.3) is 0 Å². The zero-order valence-corrected chi connectivity index (χ0v) is 16.8. The molecule has 0 unspecified atom stereocenters. The fourth-order valence-corrected chi connectivity index (χ4v) is 3.10. The lowest BCUT2D eigenvalue weighted by Gasteiger charge is -2.22. The summed E-state index contributed by atoms with van der Waals surface area (Å²) < 4.78 is 0. The quantitative estimate of drug-likeness (QED) is 0.560. The molecule has 1 aromatic rings. The summed E-state index contributed by atoms with van der Waals surface area (Å²) >= 11 is 0. The molecule has 1 saturated carbocycles. The van der Waals surface area contributed by atoms with Crippen molar-refractivity contribution in [1.82, 2.24) is 9.88 Å². The van der Waals surface area contributed by atoms with Gasteiger partial charge < -0.3 is 4.90 Å². The number of amides is 2. The summed E-state index contributed by atoms with van der Waals surface area (Å²) in [6.07, 6.45) is 15.7. The topological polar surface area (TPSA) is 36.4 Å². The number of hydrogen-bond acceptors (Lipinski definition) is 2. The van der Waals surface area contributed by atoms with E-state index in [0.29, 0.717) is 5.82 Å². The van der Waals surface area contributed by atoms with Gasteiger partial charge in [0.2, 0.25) is 0 Å². The lowest BCUT2D eigenvalue weighted by Crippen LogP contribution is -2.36. The first kappa shape index (κ1) is 20.2. The summed E-state index contributed by atoms with van der Waals surface area (Å²) in [6, 6.07) is 3.94. The zero-order valence-electron chi connectivity index (χ0n) is 16.8. The van der Waals surface area contributed by atoms with Gasteiger partial charge in [-0.15, -0.1) is 0 Å². The van der Waals surface area contributed by atoms with Crippen molar-refractivity contribution in [3.8, 4) is 0 Å². The van der Waals surface area contributed by atoms with Gasteiger partial charge in [-0.1, -0.05) is 43.9 Å². The Kier molecular flexibility index (Phi) is 7.89. The van der Waals surface area contributed by atoms with E-state index in [-0.39, 0.29) is 6.03 Å². The van der Waals surface area contributed by atoms with E-state index < -0.39 is 0 Å². The van der Waals surface area contributed by atoms with E-state index in [4.69, 9.17) is 0 Å². The Labute approximate surface area is 158 Å². The van der Waals surface area contributed by atoms with Gasteiger partial charge >= 0.3 is 6.03 Å². The van der Waals surface area contributed by atoms with E-state index >= 15 is 0 Å². The number of carbonyl (C=O) groups is 1. The van der Waals surface area contributed by atoms with Gasteiger partial charge in [0.05, 0.1) is 0 Å². The highest BCUT2D eigenvalue weighted by Gasteiger charge is 2.16. The fraction of sp³-hybridized carbons (Fsp3) is 0.545. The van der Waals surface area contributed by atoms with Crippen LogP contribution in [0.15, 0.2) is 41.8 Å². The van der Waals surface area contributed by atoms with Gasteiger partial charge in [0, 0.05) is 26.5 Å². The number of carbonyl (C=O) groups excluding carboxylic acids is 1. The molecule has 4 heteroatoms. The molecule has 0 spiro atoms. The van der Waals surface area contributed by atoms with Gasteiger partial charge in [0.15, 0.2) is 0 Å². The second kappa shape index (κ2) is 10.1. The van der Waals surface area contributed by atoms with Crippen molar-refractivity contribution >= 4 is 11.8 Å². The van der Waals surface area contributed by atoms with Crippen molar-refractivity contribution in [2.24, 2.45) is 0 Å². The molecule has 0 N–H and O–H groups in total. The van der Waals surface area contributed by atoms with Crippen LogP contribution in [0.25, 0.3) is 0 Å². The molecule has 0 aromatic carbocycles. The van der Waals surface area contributed by atoms with Crippen LogP contribution in [-0.4, -0.2) is 30.0 Å². The Bertz CT molecular complexity index is 640. The highest BCUT2D eigenvalue weighted by molar-refractivity contribution is 5.90. The van der Waals surface area contributed by atoms with Crippen LogP contribution in [0.2, 0.25) is 0 Å². The maximum Gasteiger partial charge on any atom is 0.329 e. The van der Waals surface area contributed by atoms with Gasteiger partial charge in [-0.05, 0) is 56.2 Å². The van der Waals surface area contributed by atoms with E-state index in [0.717, 1.165) is 12.0 Å². The van der Waals surface area contributed by atoms with Crippen molar-refractivity contribution in [1.29, 1.82) is 0 Å². The molecule has 1 fully saturated rings. The van der Waals surface area contributed by atoms with Crippen LogP contribution in [0.1, 0.15) is 64.4 Å². The number of nitrogens with zero attached hydrogens (tertiary/aromatic N) is 3. The number of rotatable bonds is 8. The molecule has 2 rings (SSSR count). The van der Waals surface area contributed by atoms with Crippen LogP contribution >= 0.6 is 0 Å². The number of allylic oxidation sites excluding steroid dienone is 3. The molecular weight excluding hydrogens is 322 g/mol. The molecule has 26 heavy (non-hydrogen) atoms. The minimum atomic E-state index is -0.0837. The summed E-state index contributed by atoms with van der Waals surface area (Å²) in [4.78, 5) is 20.3. The first-order chi connectivity index (χ1) is 12.5. The second-order valence-electron chi connectivity index (χ2n) is 7.32. The van der Waals surface area contributed by atoms with Gasteiger partial charge in [-0.25, -0.2) is 9.78 Å². The number of aromatic nitrogens is 1. The summed E-state index contributed by atoms with van der Waals surface area (Å²) in [5, 5.41) is 0. The zero-order chi connectivity index (χ0) is 18.9. The molecular formula is C22H33N3O. The minimum absolute atomic E-state index is 0.0837. The van der Waals surface area contributed by atoms with Crippen LogP contribution in [0, 0.1) is 0 Å². The van der Waals surface area contributed by atoms with Crippen molar-refractivity contribution in [3.63, 3.8) is 0 Å². The third-order valence-electron chi connectivity index (χ3n) is 4.89. The van der Waals surface area contributed by atoms with E-state index in [2.05, 4.69) is 24.1 Å². The van der Waals surface area contributed by atoms with Crippen LogP contribution in [0.4, 0.5) is 10.6 Å². The van der Waals surface area contributed by atoms with E-state index in [9.17, 15) is 4.79 Å². The van der Waals surface area contributed by atoms with Crippen LogP contribution in [-0.2, 0) is 6.42 Å². The summed E-state index contributed by atoms with van der Waals surface area (Å²) in [5.41, 5.74) is 3.82. The van der Waals surface area contributed by atoms with E-state index in [1.54, 1.807) is 23.9 Å². The molecule has 0 saturated heterocycles. The predicted molar refractivity (Wildman–Crippen MR) is 109 cm³/mol. The van der Waals surface area contributed by atoms with Crippen molar-refractivity contribution in [2.75, 3.05) is 19.0 Å². The molecule has 0 radical (unpaired) electrons. The van der Waals surface area contributed by atoms with Gasteiger partial charge in [-0.3, -0.25) is 4.90 Å². The standard InChI is InChI=1S/C22H33N3O/c1-5-6-7-8-10-20-13-14-21(23-16-20)25(4)22(26)24(3)17-18(2)15-19-11-9-12-19/h13-17H,5-12H2,1-4H3/b18-17-. The van der Waals surface area contributed by atoms with Crippen molar-refractivity contribution < 1.29 is 4.79 Å². The third kappa shape index (κ3) is 6.01. The lowest BCUT2D eigenvalue weighted by molar-refractivity contribution is 0.229. The third-order valence-corrected chi connectivity index (χ3v) is 4.89. The van der Waals surface area contributed by atoms with Gasteiger partial charge in [0.1, 0.15) is 5.82 Å². The maximum atomic E-state index is 12.6. The molecule has 1 aliphatic rings. The van der Waals surface area contributed by atoms with Gasteiger partial charge in [-0.2, -0.15) is 0 Å². The average Bonchev–Trinajstić information content (AvgIpc) is 2.61. The normalized spacial score (nSPS) is 14.0. The summed E-state index contributed by atoms with van der Waals surface area (Å²) in [7, 11) is 3.57. The number of urea groups is 1. The molecule has 1 aromatic heterocycles. The number of pyridine rings is 1. The fourth-order valence-electron chi connectivity index (χ4n) is 3.10. The van der Waals surface area contributed by atoms with Crippen LogP contribution in [0.5, 0.6) is 0 Å². The molecule has 0 bridgehead atoms. The summed E-state index contributed by atoms with van der Waals surface area (Å²) in [5.74, 6) is 0.683. The maximum absolute atomic E-state index is 12.6. The Morgan fingerprint density at radius 2 is 1.96 bits per heavy atom. The number of aryl methyl sites for hydroxylation is 1. The summed E-state index contributed by atoms with van der Waals surface area (Å²) in [6.45, 7) is 4.27. The molecule has 142 valence electrons. The Morgan fingerprint density at radius 3 is 2.54 bits per heavy atom. The minimum Gasteiger partial charge on any atom is -0.303 e. The predicted octanol–water partition coefficient (Wildman–Crippen LogP) is 5.71. The average molecular weight is 356 g/mol. The molecule has 2 amide bonds. The molecule has 4 nitrogen and oxygen atoms in total. The number of unbranched alkanes of at least 4 members (excludes halogenated alkanes) is 3. The first-order valence-corrected chi connectivity index (χ1v) is 9.84. The Hall–Kier alpha value is -2.10. The number of hydrogen-bond donors (Lipinski definition) is 0. The van der Waals surface area contributed by atoms with Crippen molar-refractivity contribution in [2.45, 2.75) is 65.2 Å². The Morgan fingerprint density at radius 1 is 1.19 bits per heavy atom. The number of anilines is 1. The second-order valence-corrected chi connectivity index (χ2v) is 7.32. The van der Waals surface area contributed by atoms with E-state index in [1.165, 1.54) is 56.1 Å². The molecule has 1 heterocycles.